The number of fused-ring (bicyclic) bond motifs is 1. The smallest absolute Gasteiger partial charge is 0.330 e. The topological polar surface area (TPSA) is 87.1 Å². The van der Waals surface area contributed by atoms with Crippen molar-refractivity contribution < 1.29 is 5.11 Å². The number of benzene rings is 2. The summed E-state index contributed by atoms with van der Waals surface area (Å²) >= 11 is 0. The quantitative estimate of drug-likeness (QED) is 0.389. The molecule has 5 rings (SSSR count). The highest BCUT2D eigenvalue weighted by Crippen LogP contribution is 2.31. The number of aryl methyl sites for hydroxylation is 1. The van der Waals surface area contributed by atoms with Crippen LogP contribution in [0.5, 0.6) is 5.75 Å². The molecule has 1 saturated heterocycles. The number of likely N-dealkylation sites (tertiary alicyclic amines) is 1. The Morgan fingerprint density at radius 1 is 1.05 bits per heavy atom. The Morgan fingerprint density at radius 2 is 1.76 bits per heavy atom. The van der Waals surface area contributed by atoms with Gasteiger partial charge >= 0.3 is 5.69 Å². The fourth-order valence-corrected chi connectivity index (χ4v) is 5.48. The summed E-state index contributed by atoms with van der Waals surface area (Å²) in [5.74, 6) is 0.817. The third-order valence-corrected chi connectivity index (χ3v) is 7.45. The zero-order valence-corrected chi connectivity index (χ0v) is 22.6. The predicted octanol–water partition coefficient (Wildman–Crippen LogP) is 5.40. The number of phenols is 1. The summed E-state index contributed by atoms with van der Waals surface area (Å²) < 4.78 is 3.38. The van der Waals surface area contributed by atoms with Crippen LogP contribution in [0.25, 0.3) is 22.4 Å². The van der Waals surface area contributed by atoms with E-state index in [-0.39, 0.29) is 11.1 Å². The monoisotopic (exact) mass is 509 g/mol. The third-order valence-electron chi connectivity index (χ3n) is 7.45. The first kappa shape index (κ1) is 25.7. The first-order valence-corrected chi connectivity index (χ1v) is 13.2. The zero-order valence-electron chi connectivity index (χ0n) is 22.6. The van der Waals surface area contributed by atoms with E-state index in [0.717, 1.165) is 49.1 Å². The first-order valence-electron chi connectivity index (χ1n) is 13.2. The van der Waals surface area contributed by atoms with Crippen LogP contribution < -0.4 is 5.69 Å². The molecule has 0 amide bonds. The van der Waals surface area contributed by atoms with Gasteiger partial charge in [0, 0.05) is 25.7 Å². The van der Waals surface area contributed by atoms with Crippen LogP contribution in [-0.4, -0.2) is 37.2 Å². The van der Waals surface area contributed by atoms with Gasteiger partial charge in [0.1, 0.15) is 5.75 Å². The van der Waals surface area contributed by atoms with Gasteiger partial charge < -0.3 is 5.11 Å². The molecular formula is C31H35N5O2. The summed E-state index contributed by atoms with van der Waals surface area (Å²) in [6, 6.07) is 19.8. The van der Waals surface area contributed by atoms with Gasteiger partial charge in [0.05, 0.1) is 22.8 Å². The lowest BCUT2D eigenvalue weighted by atomic mass is 9.89. The van der Waals surface area contributed by atoms with Crippen molar-refractivity contribution in [1.29, 1.82) is 5.26 Å². The second-order valence-corrected chi connectivity index (χ2v) is 11.7. The molecule has 1 fully saturated rings. The van der Waals surface area contributed by atoms with Crippen molar-refractivity contribution in [3.63, 3.8) is 0 Å². The van der Waals surface area contributed by atoms with E-state index < -0.39 is 0 Å². The van der Waals surface area contributed by atoms with E-state index >= 15 is 0 Å². The average molecular weight is 510 g/mol. The first-order chi connectivity index (χ1) is 18.1. The van der Waals surface area contributed by atoms with Crippen LogP contribution in [0.4, 0.5) is 0 Å². The maximum Gasteiger partial charge on any atom is 0.330 e. The van der Waals surface area contributed by atoms with E-state index in [1.807, 2.05) is 36.4 Å². The molecule has 1 aliphatic rings. The van der Waals surface area contributed by atoms with Gasteiger partial charge in [0.15, 0.2) is 5.65 Å². The number of nitriles is 1. The van der Waals surface area contributed by atoms with E-state index in [9.17, 15) is 15.2 Å². The Kier molecular flexibility index (Phi) is 6.85. The van der Waals surface area contributed by atoms with Gasteiger partial charge in [0.2, 0.25) is 0 Å². The minimum Gasteiger partial charge on any atom is -0.508 e. The summed E-state index contributed by atoms with van der Waals surface area (Å²) in [5.41, 5.74) is 5.81. The van der Waals surface area contributed by atoms with E-state index in [2.05, 4.69) is 37.8 Å². The van der Waals surface area contributed by atoms with Gasteiger partial charge in [0.25, 0.3) is 0 Å². The number of aromatic nitrogens is 3. The number of nitrogens with zero attached hydrogens (tertiary/aromatic N) is 5. The van der Waals surface area contributed by atoms with Crippen LogP contribution in [0.2, 0.25) is 0 Å². The second kappa shape index (κ2) is 10.1. The van der Waals surface area contributed by atoms with Crippen LogP contribution in [0, 0.1) is 16.7 Å². The number of aromatic hydroxyl groups is 1. The van der Waals surface area contributed by atoms with Crippen molar-refractivity contribution in [3.05, 3.63) is 81.8 Å². The van der Waals surface area contributed by atoms with Gasteiger partial charge in [-0.15, -0.1) is 0 Å². The molecule has 1 N–H and O–H groups in total. The van der Waals surface area contributed by atoms with E-state index in [1.54, 1.807) is 28.3 Å². The highest BCUT2D eigenvalue weighted by atomic mass is 16.3. The Morgan fingerprint density at radius 3 is 2.42 bits per heavy atom. The summed E-state index contributed by atoms with van der Waals surface area (Å²) in [7, 11) is 1.75. The SMILES string of the molecule is Cn1c(=O)n(CC(C)(C)C)c2ccc(-c3cc(CN4CCC(c5ccc(O)cc5)CC4)ccc3C#N)nc21. The largest absolute Gasteiger partial charge is 0.508 e. The Labute approximate surface area is 223 Å². The lowest BCUT2D eigenvalue weighted by Crippen LogP contribution is -2.32. The summed E-state index contributed by atoms with van der Waals surface area (Å²) in [6.07, 6.45) is 2.15. The van der Waals surface area contributed by atoms with E-state index in [1.165, 1.54) is 5.56 Å². The number of pyridine rings is 1. The van der Waals surface area contributed by atoms with E-state index in [4.69, 9.17) is 4.98 Å². The molecule has 7 heteroatoms. The molecule has 7 nitrogen and oxygen atoms in total. The van der Waals surface area contributed by atoms with Crippen LogP contribution >= 0.6 is 0 Å². The van der Waals surface area contributed by atoms with Crippen LogP contribution in [0.15, 0.2) is 59.4 Å². The highest BCUT2D eigenvalue weighted by Gasteiger charge is 2.22. The molecule has 0 saturated carbocycles. The van der Waals surface area contributed by atoms with Gasteiger partial charge in [-0.05, 0) is 84.8 Å². The molecule has 0 spiro atoms. The summed E-state index contributed by atoms with van der Waals surface area (Å²) in [6.45, 7) is 9.74. The Balaban J connectivity index is 1.38. The third kappa shape index (κ3) is 5.23. The minimum absolute atomic E-state index is 0.0440. The van der Waals surface area contributed by atoms with Gasteiger partial charge in [-0.25, -0.2) is 9.78 Å². The molecule has 38 heavy (non-hydrogen) atoms. The molecular weight excluding hydrogens is 474 g/mol. The van der Waals surface area contributed by atoms with Crippen molar-refractivity contribution in [3.8, 4) is 23.1 Å². The van der Waals surface area contributed by atoms with Crippen LogP contribution in [-0.2, 0) is 20.1 Å². The lowest BCUT2D eigenvalue weighted by Gasteiger charge is -2.32. The zero-order chi connectivity index (χ0) is 27.0. The molecule has 0 bridgehead atoms. The van der Waals surface area contributed by atoms with Crippen LogP contribution in [0.3, 0.4) is 0 Å². The Bertz CT molecular complexity index is 1560. The maximum absolute atomic E-state index is 13.0. The maximum atomic E-state index is 13.0. The van der Waals surface area contributed by atoms with Crippen molar-refractivity contribution in [1.82, 2.24) is 19.0 Å². The molecule has 0 aliphatic carbocycles. The van der Waals surface area contributed by atoms with Crippen molar-refractivity contribution in [2.75, 3.05) is 13.1 Å². The molecule has 2 aromatic heterocycles. The highest BCUT2D eigenvalue weighted by molar-refractivity contribution is 5.78. The molecule has 3 heterocycles. The molecule has 196 valence electrons. The molecule has 4 aromatic rings. The molecule has 0 radical (unpaired) electrons. The van der Waals surface area contributed by atoms with Gasteiger partial charge in [-0.1, -0.05) is 39.0 Å². The normalized spacial score (nSPS) is 15.1. The minimum atomic E-state index is -0.0791. The molecule has 2 aromatic carbocycles. The lowest BCUT2D eigenvalue weighted by molar-refractivity contribution is 0.204. The second-order valence-electron chi connectivity index (χ2n) is 11.7. The fraction of sp³-hybridized carbons (Fsp3) is 0.387. The number of hydrogen-bond acceptors (Lipinski definition) is 5. The standard InChI is InChI=1S/C31H35N5O2/c1-31(2,3)20-36-28-12-11-27(33-29(28)34(4)30(36)38)26-17-21(5-6-24(26)18-32)19-35-15-13-23(14-16-35)22-7-9-25(37)10-8-22/h5-12,17,23,37H,13-16,19-20H2,1-4H3. The van der Waals surface area contributed by atoms with Crippen LogP contribution in [0.1, 0.15) is 56.2 Å². The van der Waals surface area contributed by atoms with Crippen molar-refractivity contribution in [2.24, 2.45) is 12.5 Å². The fourth-order valence-electron chi connectivity index (χ4n) is 5.48. The molecule has 0 unspecified atom stereocenters. The summed E-state index contributed by atoms with van der Waals surface area (Å²) in [4.78, 5) is 20.3. The summed E-state index contributed by atoms with van der Waals surface area (Å²) in [5, 5.41) is 19.4. The van der Waals surface area contributed by atoms with E-state index in [0.29, 0.717) is 35.1 Å². The number of rotatable bonds is 5. The van der Waals surface area contributed by atoms with Gasteiger partial charge in [-0.2, -0.15) is 5.26 Å². The van der Waals surface area contributed by atoms with Gasteiger partial charge in [-0.3, -0.25) is 14.0 Å². The molecule has 1 aliphatic heterocycles. The van der Waals surface area contributed by atoms with Crippen molar-refractivity contribution >= 4 is 11.2 Å². The molecule has 0 atom stereocenters. The number of phenolic OH excluding ortho intramolecular Hbond substituents is 1. The number of imidazole rings is 1. The Hall–Kier alpha value is -3.89. The van der Waals surface area contributed by atoms with Crippen molar-refractivity contribution in [2.45, 2.75) is 52.6 Å². The average Bonchev–Trinajstić information content (AvgIpc) is 3.13. The number of hydrogen-bond donors (Lipinski definition) is 1. The predicted molar refractivity (Wildman–Crippen MR) is 150 cm³/mol. The number of piperidine rings is 1.